The highest BCUT2D eigenvalue weighted by Gasteiger charge is 2.29. The lowest BCUT2D eigenvalue weighted by atomic mass is 10.2. The van der Waals surface area contributed by atoms with Crippen LogP contribution in [-0.2, 0) is 11.3 Å². The number of non-ortho nitro benzene ring substituents is 1. The predicted molar refractivity (Wildman–Crippen MR) is 69.8 cm³/mol. The number of Topliss-reactive ketones (excluding diaryl/α,β-unsaturated/α-hetero) is 1. The average molecular weight is 272 g/mol. The predicted octanol–water partition coefficient (Wildman–Crippen LogP) is 1.83. The third kappa shape index (κ3) is 2.56. The van der Waals surface area contributed by atoms with Gasteiger partial charge in [-0.15, -0.1) is 0 Å². The molecule has 2 aromatic rings. The third-order valence-corrected chi connectivity index (χ3v) is 3.22. The molecule has 102 valence electrons. The first-order chi connectivity index (χ1) is 9.63. The van der Waals surface area contributed by atoms with Gasteiger partial charge in [-0.3, -0.25) is 14.9 Å². The first kappa shape index (κ1) is 12.5. The van der Waals surface area contributed by atoms with E-state index in [0.29, 0.717) is 11.4 Å². The van der Waals surface area contributed by atoms with E-state index in [0.717, 1.165) is 12.8 Å². The summed E-state index contributed by atoms with van der Waals surface area (Å²) in [6.45, 7) is 0.241. The van der Waals surface area contributed by atoms with Gasteiger partial charge in [0.15, 0.2) is 11.6 Å². The molecule has 0 radical (unpaired) electrons. The van der Waals surface area contributed by atoms with Crippen molar-refractivity contribution in [3.63, 3.8) is 0 Å². The van der Waals surface area contributed by atoms with Crippen molar-refractivity contribution in [1.29, 1.82) is 0 Å². The largest absolute Gasteiger partial charge is 0.297 e. The Labute approximate surface area is 114 Å². The monoisotopic (exact) mass is 272 g/mol. The van der Waals surface area contributed by atoms with Crippen LogP contribution in [0.4, 0.5) is 5.69 Å². The standard InChI is InChI=1S/C13H12N4O3/c18-12(9-1-2-9)7-16-8-14-13(15-16)10-3-5-11(6-4-10)17(19)20/h3-6,8-9H,1-2,7H2. The lowest BCUT2D eigenvalue weighted by Gasteiger charge is -1.98. The van der Waals surface area contributed by atoms with Gasteiger partial charge in [0, 0.05) is 23.6 Å². The van der Waals surface area contributed by atoms with Crippen LogP contribution in [0.25, 0.3) is 11.4 Å². The van der Waals surface area contributed by atoms with Gasteiger partial charge in [-0.05, 0) is 25.0 Å². The highest BCUT2D eigenvalue weighted by atomic mass is 16.6. The fraction of sp³-hybridized carbons (Fsp3) is 0.308. The molecule has 0 spiro atoms. The number of benzene rings is 1. The zero-order valence-corrected chi connectivity index (χ0v) is 10.6. The molecule has 0 saturated heterocycles. The lowest BCUT2D eigenvalue weighted by molar-refractivity contribution is -0.384. The number of hydrogen-bond donors (Lipinski definition) is 0. The fourth-order valence-corrected chi connectivity index (χ4v) is 1.93. The molecule has 0 amide bonds. The number of nitro benzene ring substituents is 1. The number of nitrogens with zero attached hydrogens (tertiary/aromatic N) is 4. The van der Waals surface area contributed by atoms with Crippen molar-refractivity contribution >= 4 is 11.5 Å². The zero-order valence-electron chi connectivity index (χ0n) is 10.6. The number of carbonyl (C=O) groups is 1. The molecular formula is C13H12N4O3. The van der Waals surface area contributed by atoms with E-state index in [1.54, 1.807) is 12.1 Å². The van der Waals surface area contributed by atoms with Gasteiger partial charge in [-0.2, -0.15) is 5.10 Å². The quantitative estimate of drug-likeness (QED) is 0.611. The van der Waals surface area contributed by atoms with Crippen LogP contribution in [0.2, 0.25) is 0 Å². The van der Waals surface area contributed by atoms with Crippen molar-refractivity contribution in [3.05, 3.63) is 40.7 Å². The number of nitro groups is 1. The molecule has 1 saturated carbocycles. The van der Waals surface area contributed by atoms with Gasteiger partial charge >= 0.3 is 0 Å². The van der Waals surface area contributed by atoms with E-state index in [1.165, 1.54) is 23.1 Å². The van der Waals surface area contributed by atoms with Crippen LogP contribution in [0.5, 0.6) is 0 Å². The molecule has 7 nitrogen and oxygen atoms in total. The minimum Gasteiger partial charge on any atom is -0.297 e. The van der Waals surface area contributed by atoms with Crippen molar-refractivity contribution < 1.29 is 9.72 Å². The van der Waals surface area contributed by atoms with Gasteiger partial charge in [0.1, 0.15) is 12.9 Å². The summed E-state index contributed by atoms with van der Waals surface area (Å²) < 4.78 is 1.51. The minimum atomic E-state index is -0.454. The van der Waals surface area contributed by atoms with E-state index in [9.17, 15) is 14.9 Å². The van der Waals surface area contributed by atoms with Crippen molar-refractivity contribution in [3.8, 4) is 11.4 Å². The van der Waals surface area contributed by atoms with Crippen LogP contribution in [0.1, 0.15) is 12.8 Å². The zero-order chi connectivity index (χ0) is 14.1. The van der Waals surface area contributed by atoms with Crippen LogP contribution in [0.15, 0.2) is 30.6 Å². The Balaban J connectivity index is 1.75. The molecule has 0 unspecified atom stereocenters. The third-order valence-electron chi connectivity index (χ3n) is 3.22. The van der Waals surface area contributed by atoms with Crippen LogP contribution in [0.3, 0.4) is 0 Å². The molecule has 1 aliphatic carbocycles. The van der Waals surface area contributed by atoms with E-state index in [1.807, 2.05) is 0 Å². The van der Waals surface area contributed by atoms with Crippen LogP contribution in [-0.4, -0.2) is 25.5 Å². The van der Waals surface area contributed by atoms with E-state index >= 15 is 0 Å². The molecule has 1 aliphatic rings. The molecule has 1 heterocycles. The van der Waals surface area contributed by atoms with Gasteiger partial charge in [0.2, 0.25) is 0 Å². The summed E-state index contributed by atoms with van der Waals surface area (Å²) in [4.78, 5) is 25.9. The molecule has 1 aromatic heterocycles. The highest BCUT2D eigenvalue weighted by molar-refractivity contribution is 5.82. The average Bonchev–Trinajstić information content (AvgIpc) is 3.20. The van der Waals surface area contributed by atoms with Gasteiger partial charge < -0.3 is 0 Å². The van der Waals surface area contributed by atoms with Crippen LogP contribution < -0.4 is 0 Å². The number of aromatic nitrogens is 3. The molecule has 1 aromatic carbocycles. The summed E-state index contributed by atoms with van der Waals surface area (Å²) >= 11 is 0. The maximum atomic E-state index is 11.7. The fourth-order valence-electron chi connectivity index (χ4n) is 1.93. The Bertz CT molecular complexity index is 659. The van der Waals surface area contributed by atoms with Crippen LogP contribution in [0, 0.1) is 16.0 Å². The Kier molecular flexibility index (Phi) is 3.02. The second kappa shape index (κ2) is 4.84. The van der Waals surface area contributed by atoms with Crippen molar-refractivity contribution in [2.24, 2.45) is 5.92 Å². The lowest BCUT2D eigenvalue weighted by Crippen LogP contribution is -2.12. The Hall–Kier alpha value is -2.57. The molecule has 3 rings (SSSR count). The highest BCUT2D eigenvalue weighted by Crippen LogP contribution is 2.30. The second-order valence-corrected chi connectivity index (χ2v) is 4.81. The van der Waals surface area contributed by atoms with Crippen molar-refractivity contribution in [1.82, 2.24) is 14.8 Å². The minimum absolute atomic E-state index is 0.0251. The molecule has 0 aliphatic heterocycles. The summed E-state index contributed by atoms with van der Waals surface area (Å²) in [5, 5.41) is 14.8. The molecule has 0 N–H and O–H groups in total. The molecular weight excluding hydrogens is 260 g/mol. The Morgan fingerprint density at radius 1 is 1.35 bits per heavy atom. The van der Waals surface area contributed by atoms with Crippen LogP contribution >= 0.6 is 0 Å². The van der Waals surface area contributed by atoms with Crippen molar-refractivity contribution in [2.45, 2.75) is 19.4 Å². The molecule has 20 heavy (non-hydrogen) atoms. The van der Waals surface area contributed by atoms with Gasteiger partial charge in [-0.25, -0.2) is 9.67 Å². The summed E-state index contributed by atoms with van der Waals surface area (Å²) in [6, 6.07) is 6.01. The SMILES string of the molecule is O=C(Cn1cnc(-c2ccc([N+](=O)[O-])cc2)n1)C1CC1. The van der Waals surface area contributed by atoms with Gasteiger partial charge in [0.05, 0.1) is 4.92 Å². The molecule has 0 bridgehead atoms. The number of rotatable bonds is 5. The first-order valence-corrected chi connectivity index (χ1v) is 6.30. The maximum absolute atomic E-state index is 11.7. The molecule has 0 atom stereocenters. The second-order valence-electron chi connectivity index (χ2n) is 4.81. The van der Waals surface area contributed by atoms with E-state index in [-0.39, 0.29) is 23.9 Å². The van der Waals surface area contributed by atoms with E-state index < -0.39 is 4.92 Å². The summed E-state index contributed by atoms with van der Waals surface area (Å²) in [5.74, 6) is 0.843. The van der Waals surface area contributed by atoms with E-state index in [2.05, 4.69) is 10.1 Å². The number of carbonyl (C=O) groups excluding carboxylic acids is 1. The van der Waals surface area contributed by atoms with Gasteiger partial charge in [0.25, 0.3) is 5.69 Å². The number of hydrogen-bond acceptors (Lipinski definition) is 5. The Morgan fingerprint density at radius 3 is 2.65 bits per heavy atom. The molecule has 1 fully saturated rings. The maximum Gasteiger partial charge on any atom is 0.269 e. The summed E-state index contributed by atoms with van der Waals surface area (Å²) in [6.07, 6.45) is 3.46. The summed E-state index contributed by atoms with van der Waals surface area (Å²) in [5.41, 5.74) is 0.713. The Morgan fingerprint density at radius 2 is 2.05 bits per heavy atom. The normalized spacial score (nSPS) is 14.2. The van der Waals surface area contributed by atoms with E-state index in [4.69, 9.17) is 0 Å². The molecule has 7 heteroatoms. The topological polar surface area (TPSA) is 90.9 Å². The summed E-state index contributed by atoms with van der Waals surface area (Å²) in [7, 11) is 0. The van der Waals surface area contributed by atoms with Crippen molar-refractivity contribution in [2.75, 3.05) is 0 Å². The smallest absolute Gasteiger partial charge is 0.269 e. The first-order valence-electron chi connectivity index (χ1n) is 6.30. The van der Waals surface area contributed by atoms with Gasteiger partial charge in [-0.1, -0.05) is 0 Å². The number of ketones is 1.